The summed E-state index contributed by atoms with van der Waals surface area (Å²) in [5.74, 6) is -2.17. The third-order valence-electron chi connectivity index (χ3n) is 2.48. The normalized spacial score (nSPS) is 10.1. The molecule has 0 aliphatic carbocycles. The molecule has 0 spiro atoms. The van der Waals surface area contributed by atoms with Crippen molar-refractivity contribution in [3.8, 4) is 0 Å². The van der Waals surface area contributed by atoms with Gasteiger partial charge in [0.05, 0.1) is 29.7 Å². The van der Waals surface area contributed by atoms with Gasteiger partial charge in [-0.15, -0.1) is 0 Å². The number of allylic oxidation sites excluding steroid dienone is 1. The summed E-state index contributed by atoms with van der Waals surface area (Å²) < 4.78 is 1.06. The van der Waals surface area contributed by atoms with E-state index in [1.807, 2.05) is 45.2 Å². The molecule has 0 aliphatic rings. The van der Waals surface area contributed by atoms with Gasteiger partial charge in [-0.3, -0.25) is 9.59 Å². The highest BCUT2D eigenvalue weighted by atomic mass is 127. The number of carboxylic acid groups (broad SMARTS) is 1. The van der Waals surface area contributed by atoms with E-state index in [0.717, 1.165) is 0 Å². The van der Waals surface area contributed by atoms with Gasteiger partial charge in [0.25, 0.3) is 5.91 Å². The van der Waals surface area contributed by atoms with Crippen molar-refractivity contribution in [1.82, 2.24) is 5.32 Å². The Morgan fingerprint density at radius 3 is 2.00 bits per heavy atom. The van der Waals surface area contributed by atoms with Crippen LogP contribution in [0.1, 0.15) is 27.6 Å². The van der Waals surface area contributed by atoms with Crippen LogP contribution in [0.5, 0.6) is 0 Å². The number of amides is 1. The van der Waals surface area contributed by atoms with Gasteiger partial charge in [0.1, 0.15) is 0 Å². The molecule has 0 unspecified atom stereocenters. The summed E-state index contributed by atoms with van der Waals surface area (Å²) in [6.07, 6.45) is 0. The largest absolute Gasteiger partial charge is 0.478 e. The summed E-state index contributed by atoms with van der Waals surface area (Å²) in [4.78, 5) is 34.7. The topological polar surface area (TPSA) is 109 Å². The lowest BCUT2D eigenvalue weighted by Gasteiger charge is -2.15. The van der Waals surface area contributed by atoms with Gasteiger partial charge in [0.15, 0.2) is 5.78 Å². The quantitative estimate of drug-likeness (QED) is 0.271. The first-order valence-electron chi connectivity index (χ1n) is 5.30. The summed E-state index contributed by atoms with van der Waals surface area (Å²) in [6.45, 7) is 4.71. The fourth-order valence-corrected chi connectivity index (χ4v) is 5.48. The lowest BCUT2D eigenvalue weighted by molar-refractivity contribution is -0.113. The van der Waals surface area contributed by atoms with E-state index in [9.17, 15) is 19.5 Å². The van der Waals surface area contributed by atoms with E-state index in [1.165, 1.54) is 6.92 Å². The Morgan fingerprint density at radius 2 is 1.57 bits per heavy atom. The maximum Gasteiger partial charge on any atom is 0.337 e. The average Bonchev–Trinajstić information content (AvgIpc) is 2.35. The van der Waals surface area contributed by atoms with E-state index < -0.39 is 11.9 Å². The van der Waals surface area contributed by atoms with Crippen molar-refractivity contribution in [2.24, 2.45) is 0 Å². The van der Waals surface area contributed by atoms with Crippen molar-refractivity contribution in [3.05, 3.63) is 34.1 Å². The summed E-state index contributed by atoms with van der Waals surface area (Å²) >= 11 is 5.48. The van der Waals surface area contributed by atoms with E-state index in [0.29, 0.717) is 7.14 Å². The molecule has 1 aromatic rings. The number of benzene rings is 1. The molecule has 0 saturated heterocycles. The van der Waals surface area contributed by atoms with Crippen molar-refractivity contribution in [2.75, 3.05) is 5.73 Å². The second-order valence-corrected chi connectivity index (χ2v) is 7.14. The number of nitrogens with two attached hydrogens (primary N) is 1. The van der Waals surface area contributed by atoms with Gasteiger partial charge >= 0.3 is 5.97 Å². The number of anilines is 1. The van der Waals surface area contributed by atoms with Crippen molar-refractivity contribution in [3.63, 3.8) is 0 Å². The van der Waals surface area contributed by atoms with Gasteiger partial charge in [-0.2, -0.15) is 0 Å². The van der Waals surface area contributed by atoms with Crippen LogP contribution in [0.25, 0.3) is 0 Å². The molecule has 1 rings (SSSR count). The average molecular weight is 626 g/mol. The number of halogens is 3. The standard InChI is InChI=1S/C12H9I3N2O4/c1-3(4(2)18)17-11(19)5-7(13)6(12(20)21)9(15)10(16)8(5)14/h1,16H2,2H3,(H,17,19)(H,20,21). The van der Waals surface area contributed by atoms with Crippen molar-refractivity contribution >= 4 is 91.1 Å². The molecule has 4 N–H and O–H groups in total. The molecular formula is C12H9I3N2O4. The second-order valence-electron chi connectivity index (χ2n) is 3.90. The van der Waals surface area contributed by atoms with Crippen LogP contribution in [-0.2, 0) is 4.79 Å². The van der Waals surface area contributed by atoms with Gasteiger partial charge in [0.2, 0.25) is 0 Å². The first-order valence-corrected chi connectivity index (χ1v) is 8.53. The smallest absolute Gasteiger partial charge is 0.337 e. The van der Waals surface area contributed by atoms with E-state index in [4.69, 9.17) is 5.73 Å². The Hall–Kier alpha value is -0.440. The third kappa shape index (κ3) is 3.85. The lowest BCUT2D eigenvalue weighted by atomic mass is 10.1. The number of hydrogen-bond donors (Lipinski definition) is 3. The molecule has 1 amide bonds. The van der Waals surface area contributed by atoms with Gasteiger partial charge in [-0.25, -0.2) is 4.79 Å². The highest BCUT2D eigenvalue weighted by molar-refractivity contribution is 14.1. The number of Topliss-reactive ketones (excluding diaryl/α,β-unsaturated/α-hetero) is 1. The second kappa shape index (κ2) is 7.21. The van der Waals surface area contributed by atoms with Gasteiger partial charge in [0, 0.05) is 10.5 Å². The summed E-state index contributed by atoms with van der Waals surface area (Å²) in [5.41, 5.74) is 6.10. The molecule has 9 heteroatoms. The molecule has 0 aliphatic heterocycles. The minimum absolute atomic E-state index is 0.0345. The number of nitrogens with one attached hydrogen (secondary N) is 1. The fraction of sp³-hybridized carbons (Fsp3) is 0.0833. The molecule has 0 aromatic heterocycles. The van der Waals surface area contributed by atoms with Crippen molar-refractivity contribution < 1.29 is 19.5 Å². The van der Waals surface area contributed by atoms with Crippen LogP contribution in [0.3, 0.4) is 0 Å². The maximum absolute atomic E-state index is 12.3. The zero-order valence-corrected chi connectivity index (χ0v) is 17.1. The molecular weight excluding hydrogens is 617 g/mol. The maximum atomic E-state index is 12.3. The molecule has 1 aromatic carbocycles. The summed E-state index contributed by atoms with van der Waals surface area (Å²) in [5, 5.41) is 11.6. The van der Waals surface area contributed by atoms with Gasteiger partial charge in [-0.1, -0.05) is 6.58 Å². The third-order valence-corrected chi connectivity index (χ3v) is 5.80. The Kier molecular flexibility index (Phi) is 6.39. The first kappa shape index (κ1) is 18.6. The van der Waals surface area contributed by atoms with E-state index in [-0.39, 0.29) is 31.9 Å². The predicted molar refractivity (Wildman–Crippen MR) is 103 cm³/mol. The predicted octanol–water partition coefficient (Wildman–Crippen LogP) is 2.61. The Balaban J connectivity index is 3.50. The highest BCUT2D eigenvalue weighted by Gasteiger charge is 2.26. The van der Waals surface area contributed by atoms with Gasteiger partial charge < -0.3 is 16.2 Å². The number of nitrogen functional groups attached to an aromatic ring is 1. The number of ketones is 1. The SMILES string of the molecule is C=C(NC(=O)c1c(I)c(N)c(I)c(C(=O)O)c1I)C(C)=O. The number of hydrogen-bond acceptors (Lipinski definition) is 4. The Morgan fingerprint density at radius 1 is 1.10 bits per heavy atom. The minimum Gasteiger partial charge on any atom is -0.478 e. The molecule has 0 fully saturated rings. The molecule has 0 atom stereocenters. The lowest BCUT2D eigenvalue weighted by Crippen LogP contribution is -2.28. The van der Waals surface area contributed by atoms with Gasteiger partial charge in [-0.05, 0) is 67.8 Å². The number of carboxylic acids is 1. The highest BCUT2D eigenvalue weighted by Crippen LogP contribution is 2.33. The number of aromatic carboxylic acids is 1. The van der Waals surface area contributed by atoms with Crippen LogP contribution in [0.15, 0.2) is 12.3 Å². The van der Waals surface area contributed by atoms with Crippen LogP contribution in [0.2, 0.25) is 0 Å². The Bertz CT molecular complexity index is 686. The first-order chi connectivity index (χ1) is 9.59. The zero-order chi connectivity index (χ0) is 16.5. The summed E-state index contributed by atoms with van der Waals surface area (Å²) in [6, 6.07) is 0. The van der Waals surface area contributed by atoms with Crippen LogP contribution >= 0.6 is 67.8 Å². The monoisotopic (exact) mass is 626 g/mol. The number of carbonyl (C=O) groups excluding carboxylic acids is 2. The molecule has 6 nitrogen and oxygen atoms in total. The zero-order valence-electron chi connectivity index (χ0n) is 10.6. The van der Waals surface area contributed by atoms with E-state index in [1.54, 1.807) is 22.6 Å². The fourth-order valence-electron chi connectivity index (χ4n) is 1.36. The van der Waals surface area contributed by atoms with Crippen LogP contribution in [-0.4, -0.2) is 22.8 Å². The molecule has 0 saturated carbocycles. The van der Waals surface area contributed by atoms with E-state index >= 15 is 0 Å². The van der Waals surface area contributed by atoms with E-state index in [2.05, 4.69) is 11.9 Å². The van der Waals surface area contributed by atoms with Crippen LogP contribution < -0.4 is 11.1 Å². The Labute approximate surface area is 161 Å². The summed E-state index contributed by atoms with van der Waals surface area (Å²) in [7, 11) is 0. The van der Waals surface area contributed by atoms with Crippen LogP contribution in [0.4, 0.5) is 5.69 Å². The van der Waals surface area contributed by atoms with Crippen LogP contribution in [0, 0.1) is 10.7 Å². The molecule has 0 bridgehead atoms. The molecule has 21 heavy (non-hydrogen) atoms. The van der Waals surface area contributed by atoms with Crippen molar-refractivity contribution in [2.45, 2.75) is 6.92 Å². The molecule has 0 heterocycles. The molecule has 112 valence electrons. The van der Waals surface area contributed by atoms with Crippen molar-refractivity contribution in [1.29, 1.82) is 0 Å². The minimum atomic E-state index is -1.17. The molecule has 0 radical (unpaired) electrons. The number of carbonyl (C=O) groups is 3. The number of rotatable bonds is 4.